The van der Waals surface area contributed by atoms with Gasteiger partial charge in [-0.2, -0.15) is 0 Å². The summed E-state index contributed by atoms with van der Waals surface area (Å²) < 4.78 is 18.1. The zero-order valence-electron chi connectivity index (χ0n) is 9.84. The van der Waals surface area contributed by atoms with Gasteiger partial charge in [-0.1, -0.05) is 12.1 Å². The van der Waals surface area contributed by atoms with Crippen LogP contribution < -0.4 is 15.6 Å². The summed E-state index contributed by atoms with van der Waals surface area (Å²) in [6.07, 6.45) is 0.319. The number of ether oxygens (including phenoxy) is 1. The molecule has 1 aromatic carbocycles. The summed E-state index contributed by atoms with van der Waals surface area (Å²) >= 11 is 0. The van der Waals surface area contributed by atoms with Crippen LogP contribution in [0.1, 0.15) is 18.4 Å². The van der Waals surface area contributed by atoms with E-state index in [1.807, 2.05) is 0 Å². The number of benzene rings is 1. The second-order valence-electron chi connectivity index (χ2n) is 4.58. The molecule has 0 heterocycles. The van der Waals surface area contributed by atoms with Crippen molar-refractivity contribution < 1.29 is 19.0 Å². The Hall–Kier alpha value is -1.62. The van der Waals surface area contributed by atoms with E-state index in [1.165, 1.54) is 0 Å². The molecule has 2 rings (SSSR count). The second kappa shape index (κ2) is 5.35. The number of aliphatic carboxylic acids is 1. The van der Waals surface area contributed by atoms with Gasteiger partial charge in [0.1, 0.15) is 18.0 Å². The Bertz CT molecular complexity index is 415. The van der Waals surface area contributed by atoms with Gasteiger partial charge in [-0.05, 0) is 24.1 Å². The Labute approximate surface area is 105 Å². The minimum absolute atomic E-state index is 0.0451. The number of carboxylic acids is 1. The third-order valence-corrected chi connectivity index (χ3v) is 3.02. The lowest BCUT2D eigenvalue weighted by Gasteiger charge is -2.30. The maximum Gasteiger partial charge on any atom is 0.119 e. The van der Waals surface area contributed by atoms with E-state index in [1.54, 1.807) is 24.3 Å². The van der Waals surface area contributed by atoms with Gasteiger partial charge in [-0.3, -0.25) is 0 Å². The van der Waals surface area contributed by atoms with E-state index in [4.69, 9.17) is 10.5 Å². The minimum atomic E-state index is -1.27. The Morgan fingerprint density at radius 3 is 2.56 bits per heavy atom. The molecule has 5 heteroatoms. The molecule has 0 saturated heterocycles. The Morgan fingerprint density at radius 2 is 2.06 bits per heavy atom. The van der Waals surface area contributed by atoms with Crippen molar-refractivity contribution in [1.29, 1.82) is 0 Å². The van der Waals surface area contributed by atoms with E-state index in [2.05, 4.69) is 0 Å². The highest BCUT2D eigenvalue weighted by atomic mass is 19.1. The van der Waals surface area contributed by atoms with Gasteiger partial charge in [-0.25, -0.2) is 4.39 Å². The highest BCUT2D eigenvalue weighted by Gasteiger charge is 2.30. The molecule has 1 aliphatic rings. The van der Waals surface area contributed by atoms with Crippen molar-refractivity contribution in [1.82, 2.24) is 0 Å². The molecule has 0 aromatic heterocycles. The van der Waals surface area contributed by atoms with E-state index < -0.39 is 18.2 Å². The normalized spacial score (nSPS) is 24.1. The number of hydrogen-bond acceptors (Lipinski definition) is 4. The van der Waals surface area contributed by atoms with Gasteiger partial charge in [0.2, 0.25) is 0 Å². The van der Waals surface area contributed by atoms with Gasteiger partial charge in [0.05, 0.1) is 5.97 Å². The van der Waals surface area contributed by atoms with Crippen LogP contribution in [0.4, 0.5) is 4.39 Å². The second-order valence-corrected chi connectivity index (χ2v) is 4.58. The molecule has 1 aliphatic carbocycles. The number of nitrogens with two attached hydrogens (primary N) is 1. The maximum absolute atomic E-state index is 12.6. The lowest BCUT2D eigenvalue weighted by atomic mass is 9.93. The largest absolute Gasteiger partial charge is 0.548 e. The van der Waals surface area contributed by atoms with Crippen LogP contribution in [0.25, 0.3) is 0 Å². The summed E-state index contributed by atoms with van der Waals surface area (Å²) in [5, 5.41) is 10.5. The van der Waals surface area contributed by atoms with Gasteiger partial charge in [0.25, 0.3) is 0 Å². The van der Waals surface area contributed by atoms with Crippen LogP contribution >= 0.6 is 0 Å². The third-order valence-electron chi connectivity index (χ3n) is 3.02. The number of hydrogen-bond donors (Lipinski definition) is 1. The third kappa shape index (κ3) is 3.20. The van der Waals surface area contributed by atoms with Gasteiger partial charge < -0.3 is 20.4 Å². The van der Waals surface area contributed by atoms with E-state index in [-0.39, 0.29) is 12.5 Å². The lowest BCUT2D eigenvalue weighted by molar-refractivity contribution is -0.307. The number of carboxylic acid groups (broad SMARTS) is 1. The summed E-state index contributed by atoms with van der Waals surface area (Å²) in [6, 6.07) is 5.98. The molecule has 1 saturated carbocycles. The lowest BCUT2D eigenvalue weighted by Crippen LogP contribution is -2.43. The SMILES string of the molecule is N[C@@H](Cc1ccc(OC2CC(F)C2)cc1)C(=O)[O-]. The summed E-state index contributed by atoms with van der Waals surface area (Å²) in [5.41, 5.74) is 6.18. The van der Waals surface area contributed by atoms with Crippen LogP contribution in [0, 0.1) is 0 Å². The molecule has 18 heavy (non-hydrogen) atoms. The van der Waals surface area contributed by atoms with Crippen molar-refractivity contribution in [2.24, 2.45) is 5.73 Å². The zero-order valence-corrected chi connectivity index (χ0v) is 9.84. The Morgan fingerprint density at radius 1 is 1.44 bits per heavy atom. The van der Waals surface area contributed by atoms with Crippen molar-refractivity contribution in [3.05, 3.63) is 29.8 Å². The highest BCUT2D eigenvalue weighted by molar-refractivity contribution is 5.71. The molecule has 0 radical (unpaired) electrons. The zero-order chi connectivity index (χ0) is 13.1. The highest BCUT2D eigenvalue weighted by Crippen LogP contribution is 2.28. The van der Waals surface area contributed by atoms with Crippen molar-refractivity contribution in [2.45, 2.75) is 37.6 Å². The van der Waals surface area contributed by atoms with Crippen LogP contribution in [0.2, 0.25) is 0 Å². The van der Waals surface area contributed by atoms with Crippen LogP contribution in [-0.2, 0) is 11.2 Å². The summed E-state index contributed by atoms with van der Waals surface area (Å²) in [4.78, 5) is 10.5. The van der Waals surface area contributed by atoms with Gasteiger partial charge in [0, 0.05) is 18.9 Å². The first-order valence-electron chi connectivity index (χ1n) is 5.90. The predicted molar refractivity (Wildman–Crippen MR) is 61.7 cm³/mol. The molecule has 1 fully saturated rings. The Balaban J connectivity index is 1.87. The fraction of sp³-hybridized carbons (Fsp3) is 0.462. The van der Waals surface area contributed by atoms with Gasteiger partial charge in [0.15, 0.2) is 0 Å². The van der Waals surface area contributed by atoms with Crippen LogP contribution in [0.15, 0.2) is 24.3 Å². The first kappa shape index (κ1) is 12.8. The minimum Gasteiger partial charge on any atom is -0.548 e. The molecular weight excluding hydrogens is 237 g/mol. The van der Waals surface area contributed by atoms with Crippen molar-refractivity contribution in [2.75, 3.05) is 0 Å². The maximum atomic E-state index is 12.6. The van der Waals surface area contributed by atoms with Crippen LogP contribution in [-0.4, -0.2) is 24.3 Å². The van der Waals surface area contributed by atoms with E-state index in [0.717, 1.165) is 5.56 Å². The molecule has 0 aliphatic heterocycles. The standard InChI is InChI=1S/C13H16FNO3/c14-9-6-11(7-9)18-10-3-1-8(2-4-10)5-12(15)13(16)17/h1-4,9,11-12H,5-7,15H2,(H,16,17)/p-1/t9?,11?,12-/m0/s1. The summed E-state index contributed by atoms with van der Waals surface area (Å²) in [5.74, 6) is -0.601. The molecule has 2 N–H and O–H groups in total. The van der Waals surface area contributed by atoms with E-state index in [0.29, 0.717) is 18.6 Å². The van der Waals surface area contributed by atoms with Crippen LogP contribution in [0.3, 0.4) is 0 Å². The summed E-state index contributed by atoms with van der Waals surface area (Å²) in [6.45, 7) is 0. The average Bonchev–Trinajstić information content (AvgIpc) is 2.29. The van der Waals surface area contributed by atoms with Gasteiger partial charge in [-0.15, -0.1) is 0 Å². The molecule has 1 atom stereocenters. The topological polar surface area (TPSA) is 75.4 Å². The molecule has 4 nitrogen and oxygen atoms in total. The monoisotopic (exact) mass is 252 g/mol. The van der Waals surface area contributed by atoms with Crippen LogP contribution in [0.5, 0.6) is 5.75 Å². The van der Waals surface area contributed by atoms with Crippen molar-refractivity contribution in [3.63, 3.8) is 0 Å². The number of halogens is 1. The molecule has 0 unspecified atom stereocenters. The molecule has 0 amide bonds. The smallest absolute Gasteiger partial charge is 0.119 e. The first-order chi connectivity index (χ1) is 8.54. The number of rotatable bonds is 5. The van der Waals surface area contributed by atoms with Crippen molar-refractivity contribution >= 4 is 5.97 Å². The van der Waals surface area contributed by atoms with E-state index >= 15 is 0 Å². The predicted octanol–water partition coefficient (Wildman–Crippen LogP) is 0.186. The summed E-state index contributed by atoms with van der Waals surface area (Å²) in [7, 11) is 0. The van der Waals surface area contributed by atoms with E-state index in [9.17, 15) is 14.3 Å². The molecule has 0 spiro atoms. The van der Waals surface area contributed by atoms with Crippen molar-refractivity contribution in [3.8, 4) is 5.75 Å². The number of carbonyl (C=O) groups is 1. The first-order valence-corrected chi connectivity index (χ1v) is 5.90. The fourth-order valence-electron chi connectivity index (χ4n) is 1.83. The fourth-order valence-corrected chi connectivity index (χ4v) is 1.83. The molecule has 0 bridgehead atoms. The molecule has 98 valence electrons. The number of carbonyl (C=O) groups excluding carboxylic acids is 1. The molecule has 1 aromatic rings. The number of alkyl halides is 1. The quantitative estimate of drug-likeness (QED) is 0.811. The van der Waals surface area contributed by atoms with Gasteiger partial charge >= 0.3 is 0 Å². The Kier molecular flexibility index (Phi) is 3.81. The molecular formula is C13H15FNO3-. The average molecular weight is 252 g/mol.